The summed E-state index contributed by atoms with van der Waals surface area (Å²) in [6, 6.07) is 39.9. The lowest BCUT2D eigenvalue weighted by atomic mass is 9.58. The number of benzene rings is 4. The first-order valence-electron chi connectivity index (χ1n) is 56.7. The number of primary amides is 1. The van der Waals surface area contributed by atoms with Crippen molar-refractivity contribution in [1.82, 2.24) is 35.3 Å². The van der Waals surface area contributed by atoms with E-state index >= 15 is 0 Å². The number of carbonyl (C=O) groups excluding carboxylic acids is 11. The Morgan fingerprint density at radius 3 is 1.23 bits per heavy atom. The van der Waals surface area contributed by atoms with Crippen molar-refractivity contribution in [2.45, 2.75) is 431 Å². The van der Waals surface area contributed by atoms with Gasteiger partial charge in [0.2, 0.25) is 23.6 Å². The molecule has 0 unspecified atom stereocenters. The Bertz CT molecular complexity index is 4950. The third-order valence-corrected chi connectivity index (χ3v) is 39.9. The van der Waals surface area contributed by atoms with Gasteiger partial charge in [0.15, 0.2) is 5.78 Å². The number of carbonyl (C=O) groups is 11. The van der Waals surface area contributed by atoms with Crippen LogP contribution in [0.5, 0.6) is 0 Å². The highest BCUT2D eigenvalue weighted by atomic mass is 79.9. The quantitative estimate of drug-likeness (QED) is 0.0354. The summed E-state index contributed by atoms with van der Waals surface area (Å²) in [5.74, 6) is 5.36. The van der Waals surface area contributed by atoms with E-state index in [2.05, 4.69) is 156 Å². The number of likely N-dealkylation sites (tertiary alicyclic amines) is 2. The molecular formula is C121H178BrClN8O15. The number of hydroxylamine groups is 2. The molecule has 25 heteroatoms. The summed E-state index contributed by atoms with van der Waals surface area (Å²) < 4.78 is 0. The summed E-state index contributed by atoms with van der Waals surface area (Å²) >= 11 is 3.52. The van der Waals surface area contributed by atoms with Gasteiger partial charge >= 0.3 is 0 Å². The normalized spacial score (nSPS) is 32.1. The summed E-state index contributed by atoms with van der Waals surface area (Å²) in [7, 11) is 2.22. The fourth-order valence-electron chi connectivity index (χ4n) is 27.5. The van der Waals surface area contributed by atoms with Gasteiger partial charge in [0.25, 0.3) is 5.91 Å². The molecule has 4 heterocycles. The van der Waals surface area contributed by atoms with Crippen molar-refractivity contribution in [3.8, 4) is 0 Å². The molecule has 4 aliphatic heterocycles. The number of β-lactam (4-membered cyclic amide) rings is 4. The Morgan fingerprint density at radius 1 is 0.466 bits per heavy atom. The molecule has 146 heavy (non-hydrogen) atoms. The average molecular weight is 2100 g/mol. The number of halogens is 2. The number of hydrogen-bond acceptors (Lipinski definition) is 18. The lowest BCUT2D eigenvalue weighted by Crippen LogP contribution is -2.68. The second-order valence-electron chi connectivity index (χ2n) is 48.6. The number of nitrogens with two attached hydrogens (primary N) is 1. The van der Waals surface area contributed by atoms with Crippen LogP contribution in [0.15, 0.2) is 115 Å². The first kappa shape index (κ1) is 116. The lowest BCUT2D eigenvalue weighted by Gasteiger charge is -2.53. The first-order valence-corrected chi connectivity index (χ1v) is 57.9. The summed E-state index contributed by atoms with van der Waals surface area (Å²) in [6.07, 6.45) is 49.8. The van der Waals surface area contributed by atoms with Crippen molar-refractivity contribution >= 4 is 92.6 Å². The van der Waals surface area contributed by atoms with E-state index in [0.29, 0.717) is 72.5 Å². The summed E-state index contributed by atoms with van der Waals surface area (Å²) in [5.41, 5.74) is 11.9. The Morgan fingerprint density at radius 2 is 0.863 bits per heavy atom. The molecule has 0 radical (unpaired) electrons. The third kappa shape index (κ3) is 27.9. The van der Waals surface area contributed by atoms with Crippen molar-refractivity contribution in [1.29, 1.82) is 0 Å². The molecule has 14 aliphatic carbocycles. The van der Waals surface area contributed by atoms with Crippen LogP contribution in [0, 0.1) is 73.4 Å². The summed E-state index contributed by atoms with van der Waals surface area (Å²) in [5, 5.41) is 37.2. The first-order chi connectivity index (χ1) is 69.5. The molecule has 7 N–H and O–H groups in total. The van der Waals surface area contributed by atoms with Gasteiger partial charge in [0.05, 0.1) is 46.5 Å². The fourth-order valence-corrected chi connectivity index (χ4v) is 28.2. The predicted octanol–water partition coefficient (Wildman–Crippen LogP) is 20.8. The van der Waals surface area contributed by atoms with Crippen molar-refractivity contribution in [2.24, 2.45) is 72.2 Å². The van der Waals surface area contributed by atoms with Crippen LogP contribution in [-0.4, -0.2) is 198 Å². The molecule has 4 aromatic rings. The standard InChI is InChI=1S/C18H25NO.2C17H23NO.C15H19NO3.C13H22N2O3.C13H21NO3.C10H15BrO.C10H16O.C8H13NO.ClH/c1-2-19(14-15-6-4-3-5-7-15)16-8-11-18(12-9-16)13-10-17(18)20;1-13-3-5-15(6-4-13)11-18-12-17(16(18)19)9-7-14(2)8-10-17;1-18(13-14-5-3-2-4-6-14)15-7-10-17(11-8-15)12-9-16(17)19;17-13-6-8-15(9-7-13)11-16(14(15)18)19-10-12-4-2-1-3-5-12;1-8(16)11(12(14)18)15-9-2-5-13(6-3-9)7-4-10(13)17;1-9(15)11(10(2)16)14-8-13(12(14)17)6-4-3-5-7-13;11-7-8-1-4-10(5-2-8)6-3-9(10)12;1-8-2-5-10(6-3-8)7-4-9(10)11;10-7-8(6-9-7)4-2-1-3-5-8;/h3-7,16H,2,8-14H2,1H3;3-6,14H,7-12H2,1-2H3;2-6,15H,7-13H2,1H3;1-5,13,17H,6-11H2;8-9,11,15-16H,2-7H2,1H3,(H2,14,18);9,11,15H,3-8H2,1-2H3;8H,1-7H2;8H,2-7H2,1H3;1-6H2,(H,9,10);1H/t;;;;8-,9?,11+,13?;9-,11+;;;;/m....11..../s1. The molecule has 4 atom stereocenters. The minimum absolute atomic E-state index is 0. The van der Waals surface area contributed by atoms with Crippen LogP contribution in [0.4, 0.5) is 0 Å². The molecule has 4 saturated heterocycles. The number of Topliss-reactive ketones (excluding diaryl/α,β-unsaturated/α-hetero) is 6. The zero-order valence-corrected chi connectivity index (χ0v) is 92.1. The van der Waals surface area contributed by atoms with Gasteiger partial charge in [-0.1, -0.05) is 196 Å². The number of aliphatic hydroxyl groups is 3. The van der Waals surface area contributed by atoms with Gasteiger partial charge in [0.1, 0.15) is 47.6 Å². The predicted molar refractivity (Wildman–Crippen MR) is 577 cm³/mol. The van der Waals surface area contributed by atoms with Crippen LogP contribution in [0.2, 0.25) is 0 Å². The van der Waals surface area contributed by atoms with Crippen LogP contribution in [0.3, 0.4) is 0 Å². The zero-order chi connectivity index (χ0) is 104. The maximum Gasteiger partial charge on any atom is 0.254 e. The molecule has 806 valence electrons. The van der Waals surface area contributed by atoms with Gasteiger partial charge in [0, 0.05) is 122 Å². The Balaban J connectivity index is 0.000000138. The highest BCUT2D eigenvalue weighted by Gasteiger charge is 2.59. The number of hydrogen-bond donors (Lipinski definition) is 6. The van der Waals surface area contributed by atoms with Crippen molar-refractivity contribution in [2.75, 3.05) is 45.1 Å². The monoisotopic (exact) mass is 2100 g/mol. The number of aliphatic hydroxyl groups excluding tert-OH is 3. The zero-order valence-electron chi connectivity index (χ0n) is 89.7. The second-order valence-corrected chi connectivity index (χ2v) is 49.2. The van der Waals surface area contributed by atoms with Crippen molar-refractivity contribution in [3.05, 3.63) is 143 Å². The number of nitrogens with zero attached hydrogens (tertiary/aromatic N) is 5. The average Bonchev–Trinajstić information content (AvgIpc) is 0.730. The van der Waals surface area contributed by atoms with E-state index in [9.17, 15) is 68.1 Å². The minimum Gasteiger partial charge on any atom is -0.393 e. The Labute approximate surface area is 886 Å². The maximum atomic E-state index is 12.4. The molecule has 5 amide bonds. The van der Waals surface area contributed by atoms with Crippen LogP contribution in [-0.2, 0) is 83.8 Å². The summed E-state index contributed by atoms with van der Waals surface area (Å²) in [4.78, 5) is 143. The largest absolute Gasteiger partial charge is 0.393 e. The van der Waals surface area contributed by atoms with Gasteiger partial charge in [-0.3, -0.25) is 67.4 Å². The molecule has 18 aliphatic rings. The van der Waals surface area contributed by atoms with Gasteiger partial charge < -0.3 is 41.5 Å². The molecule has 23 nitrogen and oxygen atoms in total. The number of aryl methyl sites for hydroxylation is 1. The molecule has 4 aromatic carbocycles. The van der Waals surface area contributed by atoms with E-state index in [-0.39, 0.29) is 90.9 Å². The van der Waals surface area contributed by atoms with Crippen LogP contribution in [0.1, 0.15) is 378 Å². The van der Waals surface area contributed by atoms with E-state index < -0.39 is 30.2 Å². The van der Waals surface area contributed by atoms with E-state index in [1.165, 1.54) is 163 Å². The number of amides is 5. The highest BCUT2D eigenvalue weighted by molar-refractivity contribution is 9.09. The van der Waals surface area contributed by atoms with Gasteiger partial charge in [-0.2, -0.15) is 0 Å². The Kier molecular flexibility index (Phi) is 41.2. The Hall–Kier alpha value is -7.26. The van der Waals surface area contributed by atoms with Gasteiger partial charge in [-0.05, 0) is 319 Å². The molecular weight excluding hydrogens is 1920 g/mol. The molecule has 0 bridgehead atoms. The van der Waals surface area contributed by atoms with Gasteiger partial charge in [-0.15, -0.1) is 12.4 Å². The van der Waals surface area contributed by atoms with Crippen LogP contribution >= 0.6 is 28.3 Å². The maximum absolute atomic E-state index is 12.4. The number of ketones is 6. The van der Waals surface area contributed by atoms with Gasteiger partial charge in [-0.25, -0.2) is 5.06 Å². The highest BCUT2D eigenvalue weighted by Crippen LogP contribution is 2.56. The van der Waals surface area contributed by atoms with E-state index in [4.69, 9.17) is 10.6 Å². The lowest BCUT2D eigenvalue weighted by molar-refractivity contribution is -0.248. The number of nitrogens with one attached hydrogen (secondary N) is 2. The van der Waals surface area contributed by atoms with E-state index in [0.717, 1.165) is 248 Å². The van der Waals surface area contributed by atoms with Crippen LogP contribution < -0.4 is 16.4 Å². The molecule has 9 spiro atoms. The second kappa shape index (κ2) is 51.9. The smallest absolute Gasteiger partial charge is 0.254 e. The summed E-state index contributed by atoms with van der Waals surface area (Å²) in [6.45, 7) is 21.2. The number of alkyl halides is 1. The van der Waals surface area contributed by atoms with E-state index in [1.807, 2.05) is 35.2 Å². The topological polar surface area (TPSA) is 324 Å². The fraction of sp³-hybridized carbons (Fsp3) is 0.711. The molecule has 14 saturated carbocycles. The SMILES string of the molecule is CC(=O)[C@H]([C@@H](C)O)N1CC2(CCCCC2)C1=O.CC1CCC2(CCC2=O)CC1.CCN(Cc1ccccc1)C1CCC2(CCC2=O)CC1.CN(Cc1ccccc1)C1CCC2(CCC2=O)CC1.C[C@@H](O)[C@H](NC1CCC2(CCC2=O)CC1)C(N)=O.Cc1ccc(CN2CC3(CCC(C)CC3)C2=O)cc1.Cl.O=C1CCC12CCC(CBr)CC2.O=C1N(OCc2ccccc2)CC12CCC(O)CC2.O=C1NCC12CCCCC2. The number of rotatable bonds is 20. The minimum atomic E-state index is -0.788. The molecule has 22 rings (SSSR count). The third-order valence-electron chi connectivity index (χ3n) is 39.0. The van der Waals surface area contributed by atoms with Crippen molar-refractivity contribution < 1.29 is 72.9 Å². The molecule has 0 aromatic heterocycles. The van der Waals surface area contributed by atoms with Crippen LogP contribution in [0.25, 0.3) is 0 Å². The van der Waals surface area contributed by atoms with Crippen molar-refractivity contribution in [3.63, 3.8) is 0 Å². The van der Waals surface area contributed by atoms with E-state index in [1.54, 1.807) is 18.7 Å². The molecule has 18 fully saturated rings.